The molecule has 2 atom stereocenters. The zero-order valence-electron chi connectivity index (χ0n) is 21.1. The normalized spacial score (nSPS) is 24.9. The Kier molecular flexibility index (Phi) is 6.34. The molecule has 1 aromatic heterocycles. The molecule has 0 radical (unpaired) electrons. The summed E-state index contributed by atoms with van der Waals surface area (Å²) < 4.78 is 0. The Balaban J connectivity index is 1.10. The van der Waals surface area contributed by atoms with Crippen LogP contribution in [0.5, 0.6) is 0 Å². The number of piperidine rings is 1. The molecule has 2 aromatic rings. The highest BCUT2D eigenvalue weighted by molar-refractivity contribution is 6.02. The van der Waals surface area contributed by atoms with Crippen molar-refractivity contribution >= 4 is 29.1 Å². The highest BCUT2D eigenvalue weighted by Gasteiger charge is 2.42. The maximum Gasteiger partial charge on any atom is 0.251 e. The summed E-state index contributed by atoms with van der Waals surface area (Å²) in [6.45, 7) is 0.789. The molecule has 2 saturated carbocycles. The number of nitrogens with two attached hydrogens (primary N) is 1. The number of fused-ring (bicyclic) bond motifs is 2. The van der Waals surface area contributed by atoms with Crippen molar-refractivity contribution < 1.29 is 14.4 Å². The molecule has 1 aromatic carbocycles. The number of hydrogen-bond acceptors (Lipinski definition) is 6. The van der Waals surface area contributed by atoms with E-state index in [1.807, 2.05) is 12.1 Å². The third-order valence-electron chi connectivity index (χ3n) is 8.67. The van der Waals surface area contributed by atoms with Gasteiger partial charge in [0.1, 0.15) is 5.82 Å². The molecule has 8 heteroatoms. The van der Waals surface area contributed by atoms with Gasteiger partial charge in [-0.1, -0.05) is 6.42 Å². The number of ketones is 1. The van der Waals surface area contributed by atoms with E-state index in [1.165, 1.54) is 12.8 Å². The first-order valence-corrected chi connectivity index (χ1v) is 13.7. The van der Waals surface area contributed by atoms with E-state index in [9.17, 15) is 14.4 Å². The van der Waals surface area contributed by atoms with Gasteiger partial charge >= 0.3 is 0 Å². The summed E-state index contributed by atoms with van der Waals surface area (Å²) >= 11 is 0. The van der Waals surface area contributed by atoms with E-state index in [4.69, 9.17) is 5.73 Å². The van der Waals surface area contributed by atoms with E-state index in [0.717, 1.165) is 62.9 Å². The molecule has 194 valence electrons. The number of primary amides is 1. The molecule has 4 aliphatic rings. The van der Waals surface area contributed by atoms with E-state index < -0.39 is 5.91 Å². The Hall–Kier alpha value is -3.42. The average molecular weight is 502 g/mol. The molecule has 2 amide bonds. The number of rotatable bonds is 9. The lowest BCUT2D eigenvalue weighted by Crippen LogP contribution is -2.50. The summed E-state index contributed by atoms with van der Waals surface area (Å²) in [6, 6.07) is 9.71. The number of nitrogens with one attached hydrogen (secondary N) is 2. The first kappa shape index (κ1) is 23.9. The fourth-order valence-corrected chi connectivity index (χ4v) is 6.15. The van der Waals surface area contributed by atoms with Crippen molar-refractivity contribution in [2.75, 3.05) is 16.8 Å². The number of nitrogens with zero attached hydrogens (tertiary/aromatic N) is 2. The van der Waals surface area contributed by atoms with Gasteiger partial charge in [0.05, 0.1) is 5.56 Å². The van der Waals surface area contributed by atoms with Crippen LogP contribution >= 0.6 is 0 Å². The van der Waals surface area contributed by atoms with Gasteiger partial charge in [-0.25, -0.2) is 4.98 Å². The smallest absolute Gasteiger partial charge is 0.251 e. The van der Waals surface area contributed by atoms with Crippen molar-refractivity contribution in [3.8, 4) is 0 Å². The zero-order chi connectivity index (χ0) is 25.5. The van der Waals surface area contributed by atoms with Crippen molar-refractivity contribution in [2.24, 2.45) is 17.6 Å². The lowest BCUT2D eigenvalue weighted by molar-refractivity contribution is 0.0854. The topological polar surface area (TPSA) is 117 Å². The monoisotopic (exact) mass is 501 g/mol. The molecule has 2 unspecified atom stereocenters. The van der Waals surface area contributed by atoms with Gasteiger partial charge in [0.15, 0.2) is 5.78 Å². The van der Waals surface area contributed by atoms with Gasteiger partial charge in [0.25, 0.3) is 11.8 Å². The van der Waals surface area contributed by atoms with Crippen molar-refractivity contribution in [3.63, 3.8) is 0 Å². The third kappa shape index (κ3) is 4.93. The molecular weight excluding hydrogens is 466 g/mol. The highest BCUT2D eigenvalue weighted by Crippen LogP contribution is 2.39. The predicted molar refractivity (Wildman–Crippen MR) is 142 cm³/mol. The molecule has 2 bridgehead atoms. The summed E-state index contributed by atoms with van der Waals surface area (Å²) in [4.78, 5) is 44.6. The van der Waals surface area contributed by atoms with Crippen LogP contribution in [0.2, 0.25) is 0 Å². The molecule has 2 saturated heterocycles. The van der Waals surface area contributed by atoms with Crippen LogP contribution in [0.15, 0.2) is 36.5 Å². The second-order valence-electron chi connectivity index (χ2n) is 11.3. The van der Waals surface area contributed by atoms with Crippen molar-refractivity contribution in [3.05, 3.63) is 53.2 Å². The lowest BCUT2D eigenvalue weighted by Gasteiger charge is -2.40. The Morgan fingerprint density at radius 2 is 1.68 bits per heavy atom. The minimum absolute atomic E-state index is 0.0828. The predicted octanol–water partition coefficient (Wildman–Crippen LogP) is 3.92. The van der Waals surface area contributed by atoms with Gasteiger partial charge in [-0.15, -0.1) is 0 Å². The van der Waals surface area contributed by atoms with Crippen molar-refractivity contribution in [1.82, 2.24) is 10.3 Å². The van der Waals surface area contributed by atoms with Crippen LogP contribution in [0.25, 0.3) is 0 Å². The standard InChI is InChI=1S/C29H35N5O3/c30-28(36)24-10-6-19(12-25(24)31-15-17-4-5-17)29(37)33-21-13-22-8-9-23(14-21)34(22)26-11-7-20(16-32-26)27(35)18-2-1-3-18/h6-7,10-12,16-18,21-23,31H,1-5,8-9,13-15H2,(H2,30,36)(H,33,37). The lowest BCUT2D eigenvalue weighted by atomic mass is 9.80. The summed E-state index contributed by atoms with van der Waals surface area (Å²) in [5.41, 5.74) is 7.85. The molecule has 8 nitrogen and oxygen atoms in total. The van der Waals surface area contributed by atoms with Crippen molar-refractivity contribution in [1.29, 1.82) is 0 Å². The average Bonchev–Trinajstić information content (AvgIpc) is 3.65. The molecular formula is C29H35N5O3. The van der Waals surface area contributed by atoms with Crippen LogP contribution in [0, 0.1) is 11.8 Å². The molecule has 0 spiro atoms. The quantitative estimate of drug-likeness (QED) is 0.449. The number of carbonyl (C=O) groups excluding carboxylic acids is 3. The number of Topliss-reactive ketones (excluding diaryl/α,β-unsaturated/α-hetero) is 1. The van der Waals surface area contributed by atoms with Crippen LogP contribution in [-0.2, 0) is 0 Å². The number of amides is 2. The fraction of sp³-hybridized carbons (Fsp3) is 0.517. The minimum Gasteiger partial charge on any atom is -0.384 e. The zero-order valence-corrected chi connectivity index (χ0v) is 21.1. The first-order valence-electron chi connectivity index (χ1n) is 13.7. The van der Waals surface area contributed by atoms with E-state index in [1.54, 1.807) is 24.4 Å². The minimum atomic E-state index is -0.497. The Morgan fingerprint density at radius 3 is 2.27 bits per heavy atom. The van der Waals surface area contributed by atoms with Gasteiger partial charge < -0.3 is 21.3 Å². The largest absolute Gasteiger partial charge is 0.384 e. The Morgan fingerprint density at radius 1 is 0.946 bits per heavy atom. The third-order valence-corrected chi connectivity index (χ3v) is 8.67. The summed E-state index contributed by atoms with van der Waals surface area (Å²) in [5, 5.41) is 6.55. The molecule has 4 N–H and O–H groups in total. The summed E-state index contributed by atoms with van der Waals surface area (Å²) in [6.07, 6.45) is 11.1. The van der Waals surface area contributed by atoms with Crippen LogP contribution < -0.4 is 21.3 Å². The van der Waals surface area contributed by atoms with Gasteiger partial charge in [-0.05, 0) is 87.6 Å². The van der Waals surface area contributed by atoms with E-state index >= 15 is 0 Å². The summed E-state index contributed by atoms with van der Waals surface area (Å²) in [7, 11) is 0. The van der Waals surface area contributed by atoms with Crippen LogP contribution in [-0.4, -0.2) is 47.3 Å². The van der Waals surface area contributed by atoms with Gasteiger partial charge in [0, 0.05) is 53.6 Å². The molecule has 4 fully saturated rings. The molecule has 2 aliphatic carbocycles. The maximum absolute atomic E-state index is 13.2. The van der Waals surface area contributed by atoms with Crippen molar-refractivity contribution in [2.45, 2.75) is 75.9 Å². The Bertz CT molecular complexity index is 1190. The number of aromatic nitrogens is 1. The number of anilines is 2. The molecule has 3 heterocycles. The van der Waals surface area contributed by atoms with Crippen LogP contribution in [0.4, 0.5) is 11.5 Å². The van der Waals surface area contributed by atoms with Gasteiger partial charge in [-0.3, -0.25) is 14.4 Å². The molecule has 37 heavy (non-hydrogen) atoms. The molecule has 6 rings (SSSR count). The Labute approximate surface area is 217 Å². The maximum atomic E-state index is 13.2. The van der Waals surface area contributed by atoms with E-state index in [2.05, 4.69) is 20.5 Å². The number of pyridine rings is 1. The number of carbonyl (C=O) groups is 3. The van der Waals surface area contributed by atoms with Crippen LogP contribution in [0.3, 0.4) is 0 Å². The van der Waals surface area contributed by atoms with Crippen LogP contribution in [0.1, 0.15) is 88.9 Å². The van der Waals surface area contributed by atoms with Gasteiger partial charge in [0.2, 0.25) is 0 Å². The summed E-state index contributed by atoms with van der Waals surface area (Å²) in [5.74, 6) is 1.34. The van der Waals surface area contributed by atoms with E-state index in [0.29, 0.717) is 34.8 Å². The van der Waals surface area contributed by atoms with E-state index in [-0.39, 0.29) is 23.7 Å². The SMILES string of the molecule is NC(=O)c1ccc(C(=O)NC2CC3CCC(C2)N3c2ccc(C(=O)C3CCC3)cn2)cc1NCC1CC1. The first-order chi connectivity index (χ1) is 18.0. The molecule has 2 aliphatic heterocycles. The van der Waals surface area contributed by atoms with Gasteiger partial charge in [-0.2, -0.15) is 0 Å². The second kappa shape index (κ2) is 9.80. The second-order valence-corrected chi connectivity index (χ2v) is 11.3. The number of benzene rings is 1. The number of hydrogen-bond donors (Lipinski definition) is 3. The highest BCUT2D eigenvalue weighted by atomic mass is 16.2. The fourth-order valence-electron chi connectivity index (χ4n) is 6.15.